The van der Waals surface area contributed by atoms with E-state index in [1.54, 1.807) is 6.07 Å². The molecule has 0 aliphatic heterocycles. The number of nitrogens with zero attached hydrogens (tertiary/aromatic N) is 2. The second kappa shape index (κ2) is 6.33. The maximum atomic E-state index is 13.8. The zero-order valence-electron chi connectivity index (χ0n) is 13.5. The molecular weight excluding hydrogens is 346 g/mol. The number of hydrogen-bond acceptors (Lipinski definition) is 3. The maximum Gasteiger partial charge on any atom is 0.223 e. The molecule has 0 radical (unpaired) electrons. The topological polar surface area (TPSA) is 62.7 Å². The van der Waals surface area contributed by atoms with Crippen molar-refractivity contribution in [3.8, 4) is 0 Å². The number of nitrogens with one attached hydrogen (secondary N) is 2. The first-order valence-electron chi connectivity index (χ1n) is 8.43. The van der Waals surface area contributed by atoms with E-state index < -0.39 is 11.6 Å². The first kappa shape index (κ1) is 16.4. The molecule has 2 N–H and O–H groups in total. The van der Waals surface area contributed by atoms with Gasteiger partial charge in [-0.25, -0.2) is 8.78 Å². The normalized spacial score (nSPS) is 22.0. The van der Waals surface area contributed by atoms with Gasteiger partial charge in [0.2, 0.25) is 5.91 Å². The van der Waals surface area contributed by atoms with Crippen LogP contribution in [0.25, 0.3) is 0 Å². The lowest BCUT2D eigenvalue weighted by molar-refractivity contribution is -0.122. The summed E-state index contributed by atoms with van der Waals surface area (Å²) in [5.74, 6) is -1.52. The van der Waals surface area contributed by atoms with E-state index in [0.29, 0.717) is 30.2 Å². The molecule has 1 heterocycles. The number of hydrogen-bond donors (Lipinski definition) is 2. The van der Waals surface area contributed by atoms with Crippen molar-refractivity contribution in [3.05, 3.63) is 46.0 Å². The predicted octanol–water partition coefficient (Wildman–Crippen LogP) is 3.02. The monoisotopic (exact) mass is 364 g/mol. The number of aromatic nitrogens is 3. The highest BCUT2D eigenvalue weighted by Gasteiger charge is 2.45. The Balaban J connectivity index is 1.32. The fraction of sp³-hybridized carbons (Fsp3) is 0.471. The predicted molar refractivity (Wildman–Crippen MR) is 89.6 cm³/mol. The van der Waals surface area contributed by atoms with Gasteiger partial charge in [-0.2, -0.15) is 5.10 Å². The number of aromatic amines is 1. The van der Waals surface area contributed by atoms with E-state index in [1.165, 1.54) is 6.07 Å². The van der Waals surface area contributed by atoms with E-state index in [4.69, 9.17) is 12.2 Å². The standard InChI is InChI=1S/C17H18F2N4OS/c18-13-3-1-2-10(15(13)19)11-8-12(11)16(24)20-7-6-14-21-22-17(25)23(14)9-4-5-9/h1-3,9,11-12H,4-8H2,(H,20,24)(H,22,25)/t11-,12-/m1/s1. The van der Waals surface area contributed by atoms with E-state index in [9.17, 15) is 13.6 Å². The molecule has 25 heavy (non-hydrogen) atoms. The summed E-state index contributed by atoms with van der Waals surface area (Å²) < 4.78 is 29.7. The SMILES string of the molecule is O=C(NCCc1n[nH]c(=S)n1C1CC1)[C@@H]1C[C@@H]1c1cccc(F)c1F. The third-order valence-electron chi connectivity index (χ3n) is 4.85. The van der Waals surface area contributed by atoms with Crippen LogP contribution < -0.4 is 5.32 Å². The Morgan fingerprint density at radius 2 is 2.20 bits per heavy atom. The molecule has 132 valence electrons. The molecule has 8 heteroatoms. The molecule has 2 aliphatic rings. The van der Waals surface area contributed by atoms with E-state index in [0.717, 1.165) is 24.7 Å². The van der Waals surface area contributed by atoms with Crippen molar-refractivity contribution in [1.29, 1.82) is 0 Å². The lowest BCUT2D eigenvalue weighted by atomic mass is 10.1. The molecule has 2 aromatic rings. The largest absolute Gasteiger partial charge is 0.355 e. The second-order valence-electron chi connectivity index (χ2n) is 6.68. The molecule has 0 saturated heterocycles. The number of rotatable bonds is 6. The summed E-state index contributed by atoms with van der Waals surface area (Å²) in [4.78, 5) is 12.2. The molecule has 1 aromatic heterocycles. The second-order valence-corrected chi connectivity index (χ2v) is 7.07. The van der Waals surface area contributed by atoms with Gasteiger partial charge >= 0.3 is 0 Å². The molecule has 1 amide bonds. The molecule has 2 atom stereocenters. The zero-order valence-corrected chi connectivity index (χ0v) is 14.3. The van der Waals surface area contributed by atoms with Crippen LogP contribution in [0.2, 0.25) is 0 Å². The average molecular weight is 364 g/mol. The van der Waals surface area contributed by atoms with Gasteiger partial charge in [-0.1, -0.05) is 12.1 Å². The fourth-order valence-electron chi connectivity index (χ4n) is 3.29. The third-order valence-corrected chi connectivity index (χ3v) is 5.13. The van der Waals surface area contributed by atoms with Crippen molar-refractivity contribution in [2.75, 3.05) is 6.54 Å². The van der Waals surface area contributed by atoms with Crippen LogP contribution in [0.1, 0.15) is 42.6 Å². The van der Waals surface area contributed by atoms with Crippen LogP contribution in [0, 0.1) is 22.3 Å². The summed E-state index contributed by atoms with van der Waals surface area (Å²) in [6.07, 6.45) is 3.35. The Kier molecular flexibility index (Phi) is 4.15. The van der Waals surface area contributed by atoms with Crippen molar-refractivity contribution in [1.82, 2.24) is 20.1 Å². The van der Waals surface area contributed by atoms with Crippen LogP contribution in [-0.4, -0.2) is 27.2 Å². The van der Waals surface area contributed by atoms with E-state index in [2.05, 4.69) is 15.5 Å². The number of carbonyl (C=O) groups excluding carboxylic acids is 1. The summed E-state index contributed by atoms with van der Waals surface area (Å²) in [7, 11) is 0. The molecule has 4 rings (SSSR count). The third kappa shape index (κ3) is 3.22. The van der Waals surface area contributed by atoms with Gasteiger partial charge in [-0.15, -0.1) is 0 Å². The Morgan fingerprint density at radius 3 is 2.96 bits per heavy atom. The lowest BCUT2D eigenvalue weighted by Gasteiger charge is -2.07. The summed E-state index contributed by atoms with van der Waals surface area (Å²) >= 11 is 5.23. The Labute approximate surface area is 148 Å². The summed E-state index contributed by atoms with van der Waals surface area (Å²) in [5.41, 5.74) is 0.287. The highest BCUT2D eigenvalue weighted by Crippen LogP contribution is 2.48. The molecule has 0 bridgehead atoms. The van der Waals surface area contributed by atoms with Gasteiger partial charge in [-0.05, 0) is 49.0 Å². The molecule has 2 saturated carbocycles. The Morgan fingerprint density at radius 1 is 1.40 bits per heavy atom. The Bertz CT molecular complexity index is 874. The minimum absolute atomic E-state index is 0.124. The van der Waals surface area contributed by atoms with Crippen LogP contribution >= 0.6 is 12.2 Å². The molecule has 0 unspecified atom stereocenters. The minimum atomic E-state index is -0.869. The van der Waals surface area contributed by atoms with Gasteiger partial charge in [0, 0.05) is 24.9 Å². The van der Waals surface area contributed by atoms with Crippen molar-refractivity contribution in [3.63, 3.8) is 0 Å². The van der Waals surface area contributed by atoms with Crippen LogP contribution in [-0.2, 0) is 11.2 Å². The van der Waals surface area contributed by atoms with Crippen LogP contribution in [0.15, 0.2) is 18.2 Å². The fourth-order valence-corrected chi connectivity index (χ4v) is 3.59. The first-order valence-corrected chi connectivity index (χ1v) is 8.84. The average Bonchev–Trinajstić information content (AvgIpc) is 3.50. The first-order chi connectivity index (χ1) is 12.1. The number of benzene rings is 1. The van der Waals surface area contributed by atoms with E-state index in [-0.39, 0.29) is 23.3 Å². The van der Waals surface area contributed by atoms with Crippen LogP contribution in [0.5, 0.6) is 0 Å². The number of halogens is 2. The van der Waals surface area contributed by atoms with Gasteiger partial charge in [-0.3, -0.25) is 9.89 Å². The van der Waals surface area contributed by atoms with E-state index in [1.807, 2.05) is 4.57 Å². The van der Waals surface area contributed by atoms with Crippen molar-refractivity contribution < 1.29 is 13.6 Å². The van der Waals surface area contributed by atoms with Crippen molar-refractivity contribution in [2.45, 2.75) is 37.6 Å². The van der Waals surface area contributed by atoms with Gasteiger partial charge in [0.15, 0.2) is 16.4 Å². The highest BCUT2D eigenvalue weighted by atomic mass is 32.1. The maximum absolute atomic E-state index is 13.8. The molecule has 1 aromatic carbocycles. The molecule has 2 aliphatic carbocycles. The van der Waals surface area contributed by atoms with Crippen LogP contribution in [0.3, 0.4) is 0 Å². The quantitative estimate of drug-likeness (QED) is 0.775. The summed E-state index contributed by atoms with van der Waals surface area (Å²) in [6.45, 7) is 0.444. The number of amides is 1. The van der Waals surface area contributed by atoms with Crippen molar-refractivity contribution in [2.24, 2.45) is 5.92 Å². The van der Waals surface area contributed by atoms with Crippen LogP contribution in [0.4, 0.5) is 8.78 Å². The smallest absolute Gasteiger partial charge is 0.223 e. The summed E-state index contributed by atoms with van der Waals surface area (Å²) in [5, 5.41) is 9.89. The van der Waals surface area contributed by atoms with Gasteiger partial charge in [0.1, 0.15) is 5.82 Å². The minimum Gasteiger partial charge on any atom is -0.355 e. The molecule has 5 nitrogen and oxygen atoms in total. The molecular formula is C17H18F2N4OS. The van der Waals surface area contributed by atoms with Gasteiger partial charge in [0.25, 0.3) is 0 Å². The van der Waals surface area contributed by atoms with Crippen molar-refractivity contribution >= 4 is 18.1 Å². The highest BCUT2D eigenvalue weighted by molar-refractivity contribution is 7.71. The Hall–Kier alpha value is -2.09. The number of carbonyl (C=O) groups is 1. The van der Waals surface area contributed by atoms with Gasteiger partial charge < -0.3 is 9.88 Å². The molecule has 0 spiro atoms. The molecule has 2 fully saturated rings. The lowest BCUT2D eigenvalue weighted by Crippen LogP contribution is -2.28. The number of H-pyrrole nitrogens is 1. The van der Waals surface area contributed by atoms with Gasteiger partial charge in [0.05, 0.1) is 0 Å². The van der Waals surface area contributed by atoms with E-state index >= 15 is 0 Å². The zero-order chi connectivity index (χ0) is 17.6. The summed E-state index contributed by atoms with van der Waals surface area (Å²) in [6, 6.07) is 4.54.